The highest BCUT2D eigenvalue weighted by Gasteiger charge is 2.29. The largest absolute Gasteiger partial charge is 0.450 e. The Kier molecular flexibility index (Phi) is 5.01. The second kappa shape index (κ2) is 6.75. The van der Waals surface area contributed by atoms with E-state index in [9.17, 15) is 9.59 Å². The zero-order chi connectivity index (χ0) is 13.7. The van der Waals surface area contributed by atoms with Gasteiger partial charge in [-0.2, -0.15) is 0 Å². The lowest BCUT2D eigenvalue weighted by atomic mass is 9.98. The van der Waals surface area contributed by atoms with Crippen molar-refractivity contribution in [2.75, 3.05) is 45.9 Å². The lowest BCUT2D eigenvalue weighted by Crippen LogP contribution is -2.53. The lowest BCUT2D eigenvalue weighted by Gasteiger charge is -2.36. The first-order chi connectivity index (χ1) is 9.22. The number of nitrogens with one attached hydrogen (secondary N) is 1. The number of piperidine rings is 1. The first-order valence-electron chi connectivity index (χ1n) is 7.13. The van der Waals surface area contributed by atoms with E-state index in [-0.39, 0.29) is 17.9 Å². The van der Waals surface area contributed by atoms with E-state index in [1.54, 1.807) is 11.8 Å². The van der Waals surface area contributed by atoms with Gasteiger partial charge in [0.1, 0.15) is 0 Å². The summed E-state index contributed by atoms with van der Waals surface area (Å²) in [4.78, 5) is 27.4. The predicted molar refractivity (Wildman–Crippen MR) is 70.8 cm³/mol. The van der Waals surface area contributed by atoms with Crippen LogP contribution in [0.4, 0.5) is 4.79 Å². The number of rotatable bonds is 2. The standard InChI is InChI=1S/C13H23N3O3/c1-2-19-13(18)16-8-6-15(7-9-16)12(17)11-4-3-5-14-10-11/h11,14H,2-10H2,1H3/t11-/m1/s1. The molecule has 2 fully saturated rings. The van der Waals surface area contributed by atoms with Crippen LogP contribution in [0.25, 0.3) is 0 Å². The van der Waals surface area contributed by atoms with E-state index in [2.05, 4.69) is 5.32 Å². The van der Waals surface area contributed by atoms with Crippen molar-refractivity contribution in [1.82, 2.24) is 15.1 Å². The van der Waals surface area contributed by atoms with Crippen molar-refractivity contribution in [3.63, 3.8) is 0 Å². The maximum Gasteiger partial charge on any atom is 0.409 e. The molecule has 0 aromatic carbocycles. The molecule has 108 valence electrons. The Balaban J connectivity index is 1.79. The molecule has 0 radical (unpaired) electrons. The third-order valence-electron chi connectivity index (χ3n) is 3.76. The van der Waals surface area contributed by atoms with E-state index in [4.69, 9.17) is 4.74 Å². The van der Waals surface area contributed by atoms with Gasteiger partial charge in [0.2, 0.25) is 5.91 Å². The summed E-state index contributed by atoms with van der Waals surface area (Å²) in [6, 6.07) is 0. The van der Waals surface area contributed by atoms with Crippen molar-refractivity contribution in [3.8, 4) is 0 Å². The minimum absolute atomic E-state index is 0.114. The van der Waals surface area contributed by atoms with Crippen LogP contribution in [-0.4, -0.2) is 67.7 Å². The fourth-order valence-corrected chi connectivity index (χ4v) is 2.64. The number of nitrogens with zero attached hydrogens (tertiary/aromatic N) is 2. The number of ether oxygens (including phenoxy) is 1. The van der Waals surface area contributed by atoms with E-state index in [0.29, 0.717) is 32.8 Å². The Morgan fingerprint density at radius 2 is 1.89 bits per heavy atom. The predicted octanol–water partition coefficient (Wildman–Crippen LogP) is 0.287. The lowest BCUT2D eigenvalue weighted by molar-refractivity contribution is -0.137. The van der Waals surface area contributed by atoms with Crippen LogP contribution >= 0.6 is 0 Å². The number of amides is 2. The summed E-state index contributed by atoms with van der Waals surface area (Å²) < 4.78 is 4.97. The summed E-state index contributed by atoms with van der Waals surface area (Å²) in [5.74, 6) is 0.346. The smallest absolute Gasteiger partial charge is 0.409 e. The van der Waals surface area contributed by atoms with Crippen LogP contribution in [0.1, 0.15) is 19.8 Å². The monoisotopic (exact) mass is 269 g/mol. The first-order valence-corrected chi connectivity index (χ1v) is 7.13. The van der Waals surface area contributed by atoms with E-state index in [1.807, 2.05) is 4.90 Å². The summed E-state index contributed by atoms with van der Waals surface area (Å²) in [6.07, 6.45) is 1.78. The Bertz CT molecular complexity index is 321. The summed E-state index contributed by atoms with van der Waals surface area (Å²) in [6.45, 7) is 6.38. The quantitative estimate of drug-likeness (QED) is 0.782. The van der Waals surface area contributed by atoms with Gasteiger partial charge in [0.15, 0.2) is 0 Å². The van der Waals surface area contributed by atoms with E-state index in [0.717, 1.165) is 25.9 Å². The maximum absolute atomic E-state index is 12.3. The third-order valence-corrected chi connectivity index (χ3v) is 3.76. The number of hydrogen-bond donors (Lipinski definition) is 1. The summed E-state index contributed by atoms with van der Waals surface area (Å²) in [7, 11) is 0. The molecule has 2 saturated heterocycles. The van der Waals surface area contributed by atoms with Crippen LogP contribution in [-0.2, 0) is 9.53 Å². The molecule has 0 aromatic rings. The number of carbonyl (C=O) groups is 2. The van der Waals surface area contributed by atoms with Crippen LogP contribution < -0.4 is 5.32 Å². The molecule has 0 unspecified atom stereocenters. The highest BCUT2D eigenvalue weighted by molar-refractivity contribution is 5.79. The first kappa shape index (κ1) is 14.1. The van der Waals surface area contributed by atoms with Crippen molar-refractivity contribution < 1.29 is 14.3 Å². The van der Waals surface area contributed by atoms with Gasteiger partial charge in [-0.15, -0.1) is 0 Å². The molecule has 0 bridgehead atoms. The average molecular weight is 269 g/mol. The average Bonchev–Trinajstić information content (AvgIpc) is 2.48. The highest BCUT2D eigenvalue weighted by atomic mass is 16.6. The Hall–Kier alpha value is -1.30. The zero-order valence-corrected chi connectivity index (χ0v) is 11.6. The van der Waals surface area contributed by atoms with Crippen molar-refractivity contribution in [2.45, 2.75) is 19.8 Å². The van der Waals surface area contributed by atoms with Gasteiger partial charge in [0.05, 0.1) is 12.5 Å². The Morgan fingerprint density at radius 3 is 2.47 bits per heavy atom. The van der Waals surface area contributed by atoms with Crippen molar-refractivity contribution in [3.05, 3.63) is 0 Å². The maximum atomic E-state index is 12.3. The van der Waals surface area contributed by atoms with Gasteiger partial charge >= 0.3 is 6.09 Å². The second-order valence-electron chi connectivity index (χ2n) is 5.05. The number of hydrogen-bond acceptors (Lipinski definition) is 4. The van der Waals surface area contributed by atoms with E-state index < -0.39 is 0 Å². The van der Waals surface area contributed by atoms with Gasteiger partial charge in [-0.05, 0) is 26.3 Å². The van der Waals surface area contributed by atoms with Gasteiger partial charge < -0.3 is 19.9 Å². The number of piperazine rings is 1. The fraction of sp³-hybridized carbons (Fsp3) is 0.846. The molecule has 2 amide bonds. The molecule has 2 heterocycles. The Labute approximate surface area is 114 Å². The minimum Gasteiger partial charge on any atom is -0.450 e. The van der Waals surface area contributed by atoms with Gasteiger partial charge in [-0.1, -0.05) is 0 Å². The molecule has 0 aromatic heterocycles. The molecule has 2 aliphatic heterocycles. The van der Waals surface area contributed by atoms with Gasteiger partial charge in [0, 0.05) is 32.7 Å². The van der Waals surface area contributed by atoms with Crippen LogP contribution in [0.2, 0.25) is 0 Å². The van der Waals surface area contributed by atoms with Gasteiger partial charge in [0.25, 0.3) is 0 Å². The molecular weight excluding hydrogens is 246 g/mol. The molecule has 2 aliphatic rings. The van der Waals surface area contributed by atoms with Crippen LogP contribution in [0.3, 0.4) is 0 Å². The van der Waals surface area contributed by atoms with E-state index in [1.165, 1.54) is 0 Å². The van der Waals surface area contributed by atoms with Gasteiger partial charge in [-0.3, -0.25) is 4.79 Å². The van der Waals surface area contributed by atoms with Crippen LogP contribution in [0.15, 0.2) is 0 Å². The van der Waals surface area contributed by atoms with Crippen molar-refractivity contribution >= 4 is 12.0 Å². The molecule has 0 saturated carbocycles. The SMILES string of the molecule is CCOC(=O)N1CCN(C(=O)[C@@H]2CCCNC2)CC1. The summed E-state index contributed by atoms with van der Waals surface area (Å²) in [5.41, 5.74) is 0. The molecule has 1 atom stereocenters. The normalized spacial score (nSPS) is 24.2. The molecular formula is C13H23N3O3. The molecule has 6 nitrogen and oxygen atoms in total. The van der Waals surface area contributed by atoms with Crippen molar-refractivity contribution in [2.24, 2.45) is 5.92 Å². The highest BCUT2D eigenvalue weighted by Crippen LogP contribution is 2.15. The third kappa shape index (κ3) is 3.59. The minimum atomic E-state index is -0.270. The summed E-state index contributed by atoms with van der Waals surface area (Å²) >= 11 is 0. The second-order valence-corrected chi connectivity index (χ2v) is 5.05. The van der Waals surface area contributed by atoms with Crippen LogP contribution in [0.5, 0.6) is 0 Å². The van der Waals surface area contributed by atoms with E-state index >= 15 is 0 Å². The van der Waals surface area contributed by atoms with Gasteiger partial charge in [-0.25, -0.2) is 4.79 Å². The zero-order valence-electron chi connectivity index (χ0n) is 11.6. The molecule has 0 spiro atoms. The fourth-order valence-electron chi connectivity index (χ4n) is 2.64. The molecule has 2 rings (SSSR count). The Morgan fingerprint density at radius 1 is 1.21 bits per heavy atom. The van der Waals surface area contributed by atoms with Crippen molar-refractivity contribution in [1.29, 1.82) is 0 Å². The molecule has 6 heteroatoms. The number of carbonyl (C=O) groups excluding carboxylic acids is 2. The summed E-state index contributed by atoms with van der Waals surface area (Å²) in [5, 5.41) is 3.27. The topological polar surface area (TPSA) is 61.9 Å². The molecule has 0 aliphatic carbocycles. The van der Waals surface area contributed by atoms with Crippen LogP contribution in [0, 0.1) is 5.92 Å². The molecule has 1 N–H and O–H groups in total. The molecule has 19 heavy (non-hydrogen) atoms.